The Balaban J connectivity index is 1.61. The van der Waals surface area contributed by atoms with Crippen LogP contribution in [-0.4, -0.2) is 32.5 Å². The number of rotatable bonds is 5. The first-order valence-corrected chi connectivity index (χ1v) is 10.1. The molecular formula is C23H27N3O2. The van der Waals surface area contributed by atoms with Crippen LogP contribution in [0.3, 0.4) is 0 Å². The molecule has 0 unspecified atom stereocenters. The molecule has 0 aliphatic carbocycles. The molecule has 1 aromatic heterocycles. The molecule has 0 bridgehead atoms. The van der Waals surface area contributed by atoms with E-state index in [1.807, 2.05) is 35.2 Å². The molecule has 5 heteroatoms. The van der Waals surface area contributed by atoms with Crippen LogP contribution < -0.4 is 5.69 Å². The van der Waals surface area contributed by atoms with Crippen molar-refractivity contribution in [3.8, 4) is 0 Å². The van der Waals surface area contributed by atoms with Gasteiger partial charge in [0, 0.05) is 25.6 Å². The molecule has 28 heavy (non-hydrogen) atoms. The summed E-state index contributed by atoms with van der Waals surface area (Å²) in [6, 6.07) is 18.3. The maximum Gasteiger partial charge on any atom is 0.329 e. The molecule has 1 aliphatic rings. The van der Waals surface area contributed by atoms with E-state index in [-0.39, 0.29) is 24.2 Å². The van der Waals surface area contributed by atoms with Gasteiger partial charge in [0.05, 0.1) is 11.0 Å². The Hall–Kier alpha value is -2.82. The van der Waals surface area contributed by atoms with Gasteiger partial charge in [0.25, 0.3) is 0 Å². The van der Waals surface area contributed by atoms with Crippen LogP contribution in [-0.2, 0) is 18.4 Å². The molecule has 2 heterocycles. The smallest absolute Gasteiger partial charge is 0.329 e. The minimum atomic E-state index is -0.139. The molecule has 0 radical (unpaired) electrons. The number of aromatic nitrogens is 2. The van der Waals surface area contributed by atoms with E-state index in [0.29, 0.717) is 5.92 Å². The minimum Gasteiger partial charge on any atom is -0.338 e. The number of nitrogens with zero attached hydrogens (tertiary/aromatic N) is 3. The van der Waals surface area contributed by atoms with E-state index in [1.165, 1.54) is 5.56 Å². The first kappa shape index (κ1) is 18.5. The molecule has 1 amide bonds. The van der Waals surface area contributed by atoms with Crippen LogP contribution in [0.25, 0.3) is 11.0 Å². The number of benzene rings is 2. The van der Waals surface area contributed by atoms with Crippen LogP contribution in [0, 0.1) is 0 Å². The maximum absolute atomic E-state index is 13.2. The fourth-order valence-corrected chi connectivity index (χ4v) is 4.69. The summed E-state index contributed by atoms with van der Waals surface area (Å²) in [5.74, 6) is 0.368. The quantitative estimate of drug-likeness (QED) is 0.683. The molecule has 5 nitrogen and oxygen atoms in total. The zero-order valence-corrected chi connectivity index (χ0v) is 16.5. The van der Waals surface area contributed by atoms with E-state index in [1.54, 1.807) is 16.2 Å². The average Bonchev–Trinajstić information content (AvgIpc) is 3.29. The lowest BCUT2D eigenvalue weighted by atomic mass is 9.87. The van der Waals surface area contributed by atoms with Crippen molar-refractivity contribution in [1.82, 2.24) is 14.0 Å². The van der Waals surface area contributed by atoms with Gasteiger partial charge in [-0.2, -0.15) is 0 Å². The summed E-state index contributed by atoms with van der Waals surface area (Å²) in [5.41, 5.74) is 2.82. The van der Waals surface area contributed by atoms with Gasteiger partial charge in [-0.15, -0.1) is 0 Å². The van der Waals surface area contributed by atoms with Crippen LogP contribution in [0.4, 0.5) is 0 Å². The highest BCUT2D eigenvalue weighted by Gasteiger charge is 2.34. The molecule has 1 saturated heterocycles. The van der Waals surface area contributed by atoms with E-state index >= 15 is 0 Å². The molecule has 2 aromatic carbocycles. The molecule has 4 rings (SSSR count). The van der Waals surface area contributed by atoms with Gasteiger partial charge in [-0.05, 0) is 37.0 Å². The summed E-state index contributed by atoms with van der Waals surface area (Å²) in [6.07, 6.45) is 3.03. The van der Waals surface area contributed by atoms with E-state index in [9.17, 15) is 9.59 Å². The van der Waals surface area contributed by atoms with Gasteiger partial charge in [0.15, 0.2) is 0 Å². The Bertz CT molecular complexity index is 1030. The Morgan fingerprint density at radius 3 is 2.46 bits per heavy atom. The topological polar surface area (TPSA) is 47.2 Å². The van der Waals surface area contributed by atoms with E-state index in [4.69, 9.17) is 0 Å². The second kappa shape index (κ2) is 7.66. The molecule has 0 saturated carbocycles. The Morgan fingerprint density at radius 1 is 1.07 bits per heavy atom. The zero-order chi connectivity index (χ0) is 19.7. The van der Waals surface area contributed by atoms with Crippen molar-refractivity contribution in [3.63, 3.8) is 0 Å². The number of aryl methyl sites for hydroxylation is 1. The monoisotopic (exact) mass is 377 g/mol. The molecule has 2 atom stereocenters. The van der Waals surface area contributed by atoms with Crippen molar-refractivity contribution in [3.05, 3.63) is 70.6 Å². The summed E-state index contributed by atoms with van der Waals surface area (Å²) in [4.78, 5) is 27.9. The number of fused-ring (bicyclic) bond motifs is 1. The predicted octanol–water partition coefficient (Wildman–Crippen LogP) is 3.52. The summed E-state index contributed by atoms with van der Waals surface area (Å²) < 4.78 is 3.22. The molecular weight excluding hydrogens is 350 g/mol. The third-order valence-electron chi connectivity index (χ3n) is 6.10. The van der Waals surface area contributed by atoms with Crippen LogP contribution in [0.15, 0.2) is 59.4 Å². The summed E-state index contributed by atoms with van der Waals surface area (Å²) in [6.45, 7) is 3.06. The number of hydrogen-bond acceptors (Lipinski definition) is 2. The minimum absolute atomic E-state index is 0.0373. The van der Waals surface area contributed by atoms with Crippen LogP contribution in [0.1, 0.15) is 37.7 Å². The van der Waals surface area contributed by atoms with Crippen LogP contribution >= 0.6 is 0 Å². The fraction of sp³-hybridized carbons (Fsp3) is 0.391. The van der Waals surface area contributed by atoms with Crippen molar-refractivity contribution in [2.45, 2.75) is 44.7 Å². The molecule has 0 N–H and O–H groups in total. The van der Waals surface area contributed by atoms with Gasteiger partial charge in [-0.3, -0.25) is 13.9 Å². The molecule has 0 spiro atoms. The number of amides is 1. The first-order valence-electron chi connectivity index (χ1n) is 10.1. The number of hydrogen-bond donors (Lipinski definition) is 0. The SMILES string of the molecule is CC[C@@H](c1ccccc1)[C@@H]1CCCN1C(=O)Cn1c(=O)n(C)c2ccccc21. The predicted molar refractivity (Wildman–Crippen MR) is 111 cm³/mol. The number of carbonyl (C=O) groups is 1. The lowest BCUT2D eigenvalue weighted by Crippen LogP contribution is -2.42. The van der Waals surface area contributed by atoms with Crippen LogP contribution in [0.2, 0.25) is 0 Å². The molecule has 1 fully saturated rings. The normalized spacial score (nSPS) is 17.9. The molecule has 3 aromatic rings. The van der Waals surface area contributed by atoms with Crippen LogP contribution in [0.5, 0.6) is 0 Å². The van der Waals surface area contributed by atoms with Crippen molar-refractivity contribution in [2.75, 3.05) is 6.54 Å². The highest BCUT2D eigenvalue weighted by molar-refractivity contribution is 5.81. The lowest BCUT2D eigenvalue weighted by molar-refractivity contribution is -0.133. The van der Waals surface area contributed by atoms with Crippen molar-refractivity contribution >= 4 is 16.9 Å². The third kappa shape index (κ3) is 3.15. The molecule has 146 valence electrons. The first-order chi connectivity index (χ1) is 13.6. The van der Waals surface area contributed by atoms with Crippen molar-refractivity contribution in [2.24, 2.45) is 7.05 Å². The second-order valence-electron chi connectivity index (χ2n) is 7.64. The number of para-hydroxylation sites is 2. The van der Waals surface area contributed by atoms with Crippen molar-refractivity contribution in [1.29, 1.82) is 0 Å². The average molecular weight is 377 g/mol. The number of imidazole rings is 1. The third-order valence-corrected chi connectivity index (χ3v) is 6.10. The number of carbonyl (C=O) groups excluding carboxylic acids is 1. The lowest BCUT2D eigenvalue weighted by Gasteiger charge is -2.31. The summed E-state index contributed by atoms with van der Waals surface area (Å²) in [5, 5.41) is 0. The zero-order valence-electron chi connectivity index (χ0n) is 16.5. The maximum atomic E-state index is 13.2. The van der Waals surface area contributed by atoms with Gasteiger partial charge < -0.3 is 4.90 Å². The Labute approximate surface area is 165 Å². The molecule has 1 aliphatic heterocycles. The summed E-state index contributed by atoms with van der Waals surface area (Å²) in [7, 11) is 1.76. The second-order valence-corrected chi connectivity index (χ2v) is 7.64. The van der Waals surface area contributed by atoms with E-state index in [2.05, 4.69) is 31.2 Å². The van der Waals surface area contributed by atoms with E-state index in [0.717, 1.165) is 36.8 Å². The van der Waals surface area contributed by atoms with Gasteiger partial charge in [0.2, 0.25) is 5.91 Å². The van der Waals surface area contributed by atoms with Crippen molar-refractivity contribution < 1.29 is 4.79 Å². The van der Waals surface area contributed by atoms with Gasteiger partial charge in [0.1, 0.15) is 6.54 Å². The Morgan fingerprint density at radius 2 is 1.75 bits per heavy atom. The standard InChI is InChI=1S/C23H27N3O2/c1-3-18(17-10-5-4-6-11-17)19-14-9-15-25(19)22(27)16-26-21-13-8-7-12-20(21)24(2)23(26)28/h4-8,10-13,18-19H,3,9,14-16H2,1-2H3/t18-,19-/m0/s1. The highest BCUT2D eigenvalue weighted by Crippen LogP contribution is 2.33. The largest absolute Gasteiger partial charge is 0.338 e. The number of likely N-dealkylation sites (tertiary alicyclic amines) is 1. The Kier molecular flexibility index (Phi) is 5.07. The fourth-order valence-electron chi connectivity index (χ4n) is 4.69. The van der Waals surface area contributed by atoms with Gasteiger partial charge in [-0.25, -0.2) is 4.79 Å². The van der Waals surface area contributed by atoms with E-state index < -0.39 is 0 Å². The highest BCUT2D eigenvalue weighted by atomic mass is 16.2. The summed E-state index contributed by atoms with van der Waals surface area (Å²) >= 11 is 0. The van der Waals surface area contributed by atoms with Gasteiger partial charge in [-0.1, -0.05) is 49.4 Å². The van der Waals surface area contributed by atoms with Gasteiger partial charge >= 0.3 is 5.69 Å².